The number of hydrogen-bond acceptors (Lipinski definition) is 4. The maximum absolute atomic E-state index is 14.0. The predicted octanol–water partition coefficient (Wildman–Crippen LogP) is 2.24. The van der Waals surface area contributed by atoms with E-state index in [0.717, 1.165) is 37.3 Å². The van der Waals surface area contributed by atoms with Gasteiger partial charge < -0.3 is 21.3 Å². The molecule has 0 spiro atoms. The van der Waals surface area contributed by atoms with E-state index in [1.807, 2.05) is 12.1 Å². The number of nitrogens with two attached hydrogens (primary N) is 1. The third kappa shape index (κ3) is 5.18. The van der Waals surface area contributed by atoms with Gasteiger partial charge in [0.15, 0.2) is 0 Å². The Labute approximate surface area is 163 Å². The summed E-state index contributed by atoms with van der Waals surface area (Å²) in [4.78, 5) is 30.3. The fourth-order valence-electron chi connectivity index (χ4n) is 3.32. The zero-order valence-corrected chi connectivity index (χ0v) is 15.5. The molecule has 3 rings (SSSR count). The van der Waals surface area contributed by atoms with E-state index in [0.29, 0.717) is 6.54 Å². The number of carbonyl (C=O) groups excluding carboxylic acids is 2. The summed E-state index contributed by atoms with van der Waals surface area (Å²) in [7, 11) is 0. The topological polar surface area (TPSA) is 100 Å². The quantitative estimate of drug-likeness (QED) is 0.680. The monoisotopic (exact) mass is 385 g/mol. The highest BCUT2D eigenvalue weighted by atomic mass is 19.1. The number of pyridine rings is 1. The van der Waals surface area contributed by atoms with Crippen LogP contribution in [0.2, 0.25) is 0 Å². The molecule has 0 aliphatic carbocycles. The minimum Gasteiger partial charge on any atom is -0.357 e. The molecular weight excluding hydrogens is 361 g/mol. The van der Waals surface area contributed by atoms with E-state index in [-0.39, 0.29) is 17.9 Å². The minimum absolute atomic E-state index is 0.117. The number of anilines is 1. The van der Waals surface area contributed by atoms with Crippen LogP contribution in [0.25, 0.3) is 0 Å². The number of hydrogen-bond donors (Lipinski definition) is 3. The van der Waals surface area contributed by atoms with Crippen molar-refractivity contribution in [3.05, 3.63) is 59.5 Å². The second-order valence-corrected chi connectivity index (χ2v) is 6.78. The molecule has 28 heavy (non-hydrogen) atoms. The van der Waals surface area contributed by atoms with Gasteiger partial charge >= 0.3 is 6.03 Å². The predicted molar refractivity (Wildman–Crippen MR) is 104 cm³/mol. The van der Waals surface area contributed by atoms with Gasteiger partial charge in [0.2, 0.25) is 5.91 Å². The third-order valence-corrected chi connectivity index (χ3v) is 4.72. The molecule has 1 aromatic heterocycles. The number of amides is 3. The third-order valence-electron chi connectivity index (χ3n) is 4.72. The van der Waals surface area contributed by atoms with Gasteiger partial charge in [0.25, 0.3) is 0 Å². The number of aromatic nitrogens is 1. The standard InChI is InChI=1S/C20H24FN5O2/c21-16-6-2-1-5-15(16)17(25-20(22)28)12-19(27)24-13-14-7-8-23-18(11-14)26-9-3-4-10-26/h1-2,5-8,11,17H,3-4,9-10,12-13H2,(H,24,27)(H3,22,25,28). The van der Waals surface area contributed by atoms with Crippen LogP contribution in [0.1, 0.15) is 36.4 Å². The van der Waals surface area contributed by atoms with Crippen molar-refractivity contribution >= 4 is 17.8 Å². The van der Waals surface area contributed by atoms with Crippen molar-refractivity contribution in [2.75, 3.05) is 18.0 Å². The Bertz CT molecular complexity index is 839. The Morgan fingerprint density at radius 3 is 2.68 bits per heavy atom. The molecule has 7 nitrogen and oxygen atoms in total. The average molecular weight is 385 g/mol. The first-order valence-electron chi connectivity index (χ1n) is 9.30. The lowest BCUT2D eigenvalue weighted by molar-refractivity contribution is -0.121. The lowest BCUT2D eigenvalue weighted by Crippen LogP contribution is -2.37. The molecule has 1 aliphatic rings. The summed E-state index contributed by atoms with van der Waals surface area (Å²) in [5.41, 5.74) is 6.33. The van der Waals surface area contributed by atoms with Crippen LogP contribution < -0.4 is 21.3 Å². The number of halogens is 1. The van der Waals surface area contributed by atoms with Crippen LogP contribution in [0.4, 0.5) is 15.0 Å². The van der Waals surface area contributed by atoms with Crippen LogP contribution in [0.5, 0.6) is 0 Å². The Hall–Kier alpha value is -3.16. The first kappa shape index (κ1) is 19.6. The highest BCUT2D eigenvalue weighted by Crippen LogP contribution is 2.21. The molecule has 1 fully saturated rings. The zero-order chi connectivity index (χ0) is 19.9. The van der Waals surface area contributed by atoms with E-state index in [1.54, 1.807) is 18.3 Å². The van der Waals surface area contributed by atoms with Crippen molar-refractivity contribution < 1.29 is 14.0 Å². The molecule has 1 unspecified atom stereocenters. The van der Waals surface area contributed by atoms with E-state index in [2.05, 4.69) is 20.5 Å². The largest absolute Gasteiger partial charge is 0.357 e. The Morgan fingerprint density at radius 1 is 1.21 bits per heavy atom. The molecule has 1 aromatic carbocycles. The van der Waals surface area contributed by atoms with Crippen LogP contribution >= 0.6 is 0 Å². The fraction of sp³-hybridized carbons (Fsp3) is 0.350. The summed E-state index contributed by atoms with van der Waals surface area (Å²) >= 11 is 0. The first-order chi connectivity index (χ1) is 13.5. The van der Waals surface area contributed by atoms with Crippen LogP contribution in [0, 0.1) is 5.82 Å². The molecular formula is C20H24FN5O2. The van der Waals surface area contributed by atoms with Crippen LogP contribution in [0.3, 0.4) is 0 Å². The molecule has 2 heterocycles. The number of carbonyl (C=O) groups is 2. The normalized spacial score (nSPS) is 14.5. The van der Waals surface area contributed by atoms with E-state index < -0.39 is 17.9 Å². The molecule has 2 aromatic rings. The highest BCUT2D eigenvalue weighted by molar-refractivity contribution is 5.78. The summed E-state index contributed by atoms with van der Waals surface area (Å²) < 4.78 is 14.0. The maximum Gasteiger partial charge on any atom is 0.312 e. The molecule has 1 aliphatic heterocycles. The van der Waals surface area contributed by atoms with Crippen LogP contribution in [-0.4, -0.2) is 30.0 Å². The van der Waals surface area contributed by atoms with Gasteiger partial charge in [-0.25, -0.2) is 14.2 Å². The van der Waals surface area contributed by atoms with Crippen molar-refractivity contribution in [1.29, 1.82) is 0 Å². The van der Waals surface area contributed by atoms with Gasteiger partial charge in [-0.05, 0) is 36.6 Å². The van der Waals surface area contributed by atoms with Gasteiger partial charge in [-0.1, -0.05) is 18.2 Å². The molecule has 0 radical (unpaired) electrons. The summed E-state index contributed by atoms with van der Waals surface area (Å²) in [6, 6.07) is 8.14. The highest BCUT2D eigenvalue weighted by Gasteiger charge is 2.20. The molecule has 3 amide bonds. The van der Waals surface area contributed by atoms with E-state index in [4.69, 9.17) is 5.73 Å². The number of primary amides is 1. The van der Waals surface area contributed by atoms with Gasteiger partial charge in [-0.15, -0.1) is 0 Å². The summed E-state index contributed by atoms with van der Waals surface area (Å²) in [5, 5.41) is 5.24. The van der Waals surface area contributed by atoms with Crippen molar-refractivity contribution in [3.8, 4) is 0 Å². The maximum atomic E-state index is 14.0. The molecule has 8 heteroatoms. The number of urea groups is 1. The average Bonchev–Trinajstić information content (AvgIpc) is 3.21. The second-order valence-electron chi connectivity index (χ2n) is 6.78. The Morgan fingerprint density at radius 2 is 1.96 bits per heavy atom. The van der Waals surface area contributed by atoms with Gasteiger partial charge in [0.1, 0.15) is 11.6 Å². The van der Waals surface area contributed by atoms with E-state index >= 15 is 0 Å². The SMILES string of the molecule is NC(=O)NC(CC(=O)NCc1ccnc(N2CCCC2)c1)c1ccccc1F. The van der Waals surface area contributed by atoms with Crippen molar-refractivity contribution in [2.24, 2.45) is 5.73 Å². The molecule has 4 N–H and O–H groups in total. The van der Waals surface area contributed by atoms with Crippen molar-refractivity contribution in [1.82, 2.24) is 15.6 Å². The molecule has 1 atom stereocenters. The van der Waals surface area contributed by atoms with Gasteiger partial charge in [0, 0.05) is 31.4 Å². The van der Waals surface area contributed by atoms with E-state index in [9.17, 15) is 14.0 Å². The lowest BCUT2D eigenvalue weighted by Gasteiger charge is -2.19. The van der Waals surface area contributed by atoms with Crippen LogP contribution in [0.15, 0.2) is 42.6 Å². The Kier molecular flexibility index (Phi) is 6.41. The number of rotatable bonds is 7. The molecule has 0 saturated carbocycles. The van der Waals surface area contributed by atoms with Crippen LogP contribution in [-0.2, 0) is 11.3 Å². The zero-order valence-electron chi connectivity index (χ0n) is 15.5. The van der Waals surface area contributed by atoms with Crippen molar-refractivity contribution in [3.63, 3.8) is 0 Å². The minimum atomic E-state index is -0.837. The first-order valence-corrected chi connectivity index (χ1v) is 9.30. The Balaban J connectivity index is 1.61. The fourth-order valence-corrected chi connectivity index (χ4v) is 3.32. The van der Waals surface area contributed by atoms with Gasteiger partial charge in [0.05, 0.1) is 12.5 Å². The van der Waals surface area contributed by atoms with Gasteiger partial charge in [-0.2, -0.15) is 0 Å². The molecule has 1 saturated heterocycles. The number of benzene rings is 1. The number of nitrogens with one attached hydrogen (secondary N) is 2. The molecule has 0 bridgehead atoms. The number of nitrogens with zero attached hydrogens (tertiary/aromatic N) is 2. The lowest BCUT2D eigenvalue weighted by atomic mass is 10.0. The summed E-state index contributed by atoms with van der Waals surface area (Å²) in [6.45, 7) is 2.31. The summed E-state index contributed by atoms with van der Waals surface area (Å²) in [6.07, 6.45) is 3.93. The van der Waals surface area contributed by atoms with Gasteiger partial charge in [-0.3, -0.25) is 4.79 Å². The second kappa shape index (κ2) is 9.16. The van der Waals surface area contributed by atoms with Crippen molar-refractivity contribution in [2.45, 2.75) is 31.8 Å². The smallest absolute Gasteiger partial charge is 0.312 e. The van der Waals surface area contributed by atoms with E-state index in [1.165, 1.54) is 12.1 Å². The molecule has 148 valence electrons. The summed E-state index contributed by atoms with van der Waals surface area (Å²) in [5.74, 6) is 0.0869.